The number of hydrogen-bond donors (Lipinski definition) is 1. The quantitative estimate of drug-likeness (QED) is 0.760. The summed E-state index contributed by atoms with van der Waals surface area (Å²) >= 11 is 0. The van der Waals surface area contributed by atoms with Gasteiger partial charge in [-0.3, -0.25) is 9.59 Å². The molecule has 0 amide bonds. The third-order valence-electron chi connectivity index (χ3n) is 1.52. The molecule has 0 rings (SSSR count). The molecule has 100 valence electrons. The Labute approximate surface area is 103 Å². The summed E-state index contributed by atoms with van der Waals surface area (Å²) in [6.07, 6.45) is -0.174. The molecule has 0 aliphatic carbocycles. The first-order valence-corrected chi connectivity index (χ1v) is 5.61. The van der Waals surface area contributed by atoms with E-state index in [9.17, 15) is 9.59 Å². The van der Waals surface area contributed by atoms with Gasteiger partial charge in [0.15, 0.2) is 0 Å². The Hall–Kier alpha value is -1.10. The molecule has 0 fully saturated rings. The number of rotatable bonds is 3. The van der Waals surface area contributed by atoms with Crippen LogP contribution in [0.25, 0.3) is 0 Å². The molecule has 0 aromatic rings. The molecule has 5 nitrogen and oxygen atoms in total. The van der Waals surface area contributed by atoms with Crippen LogP contribution in [0.2, 0.25) is 0 Å². The zero-order valence-corrected chi connectivity index (χ0v) is 11.5. The Morgan fingerprint density at radius 3 is 1.76 bits per heavy atom. The molecule has 0 aromatic heterocycles. The second-order valence-corrected chi connectivity index (χ2v) is 5.93. The number of hydrogen-bond acceptors (Lipinski definition) is 5. The average Bonchev–Trinajstić information content (AvgIpc) is 1.95. The zero-order valence-electron chi connectivity index (χ0n) is 11.5. The molecular formula is C12H23NO4. The minimum Gasteiger partial charge on any atom is -0.460 e. The second-order valence-electron chi connectivity index (χ2n) is 5.93. The van der Waals surface area contributed by atoms with E-state index in [4.69, 9.17) is 15.2 Å². The van der Waals surface area contributed by atoms with Gasteiger partial charge in [-0.2, -0.15) is 0 Å². The van der Waals surface area contributed by atoms with E-state index in [0.717, 1.165) is 0 Å². The summed E-state index contributed by atoms with van der Waals surface area (Å²) in [5.41, 5.74) is 4.38. The smallest absolute Gasteiger partial charge is 0.324 e. The number of ether oxygens (including phenoxy) is 2. The van der Waals surface area contributed by atoms with Crippen molar-refractivity contribution in [2.75, 3.05) is 0 Å². The SMILES string of the molecule is CC(C)(C)OC(=O)C[C@H](N)C(=O)OC(C)(C)C. The van der Waals surface area contributed by atoms with Gasteiger partial charge in [0, 0.05) is 0 Å². The highest BCUT2D eigenvalue weighted by atomic mass is 16.6. The highest BCUT2D eigenvalue weighted by Gasteiger charge is 2.26. The molecule has 0 radical (unpaired) electrons. The largest absolute Gasteiger partial charge is 0.460 e. The summed E-state index contributed by atoms with van der Waals surface area (Å²) in [7, 11) is 0. The van der Waals surface area contributed by atoms with Crippen molar-refractivity contribution in [3.63, 3.8) is 0 Å². The minimum absolute atomic E-state index is 0.174. The van der Waals surface area contributed by atoms with Gasteiger partial charge in [0.1, 0.15) is 17.2 Å². The van der Waals surface area contributed by atoms with Crippen LogP contribution in [0.1, 0.15) is 48.0 Å². The highest BCUT2D eigenvalue weighted by Crippen LogP contribution is 2.11. The van der Waals surface area contributed by atoms with E-state index in [1.807, 2.05) is 0 Å². The van der Waals surface area contributed by atoms with Gasteiger partial charge in [-0.15, -0.1) is 0 Å². The van der Waals surface area contributed by atoms with Crippen LogP contribution in [0, 0.1) is 0 Å². The summed E-state index contributed by atoms with van der Waals surface area (Å²) < 4.78 is 10.1. The van der Waals surface area contributed by atoms with Crippen molar-refractivity contribution in [3.05, 3.63) is 0 Å². The van der Waals surface area contributed by atoms with Crippen LogP contribution in [0.5, 0.6) is 0 Å². The van der Waals surface area contributed by atoms with Gasteiger partial charge in [0.05, 0.1) is 6.42 Å². The minimum atomic E-state index is -0.982. The lowest BCUT2D eigenvalue weighted by atomic mass is 10.1. The molecule has 0 unspecified atom stereocenters. The maximum Gasteiger partial charge on any atom is 0.324 e. The van der Waals surface area contributed by atoms with E-state index in [-0.39, 0.29) is 6.42 Å². The second kappa shape index (κ2) is 5.49. The first kappa shape index (κ1) is 15.9. The third-order valence-corrected chi connectivity index (χ3v) is 1.52. The topological polar surface area (TPSA) is 78.6 Å². The van der Waals surface area contributed by atoms with Gasteiger partial charge >= 0.3 is 11.9 Å². The van der Waals surface area contributed by atoms with E-state index in [1.165, 1.54) is 0 Å². The summed E-state index contributed by atoms with van der Waals surface area (Å²) in [5.74, 6) is -1.10. The van der Waals surface area contributed by atoms with Crippen molar-refractivity contribution >= 4 is 11.9 Å². The van der Waals surface area contributed by atoms with Crippen molar-refractivity contribution in [2.45, 2.75) is 65.2 Å². The van der Waals surface area contributed by atoms with Crippen molar-refractivity contribution in [1.82, 2.24) is 0 Å². The summed E-state index contributed by atoms with van der Waals surface area (Å²) in [6, 6.07) is -0.982. The fraction of sp³-hybridized carbons (Fsp3) is 0.833. The average molecular weight is 245 g/mol. The van der Waals surface area contributed by atoms with E-state index in [0.29, 0.717) is 0 Å². The standard InChI is InChI=1S/C12H23NO4/c1-11(2,3)16-9(14)7-8(13)10(15)17-12(4,5)6/h8H,7,13H2,1-6H3/t8-/m0/s1. The maximum absolute atomic E-state index is 11.5. The van der Waals surface area contributed by atoms with Crippen LogP contribution in [-0.2, 0) is 19.1 Å². The molecule has 5 heteroatoms. The summed E-state index contributed by atoms with van der Waals surface area (Å²) in [5, 5.41) is 0. The van der Waals surface area contributed by atoms with Crippen molar-refractivity contribution in [1.29, 1.82) is 0 Å². The first-order valence-electron chi connectivity index (χ1n) is 5.61. The summed E-state index contributed by atoms with van der Waals surface area (Å²) in [6.45, 7) is 10.5. The molecule has 0 aliphatic heterocycles. The predicted molar refractivity (Wildman–Crippen MR) is 64.3 cm³/mol. The Morgan fingerprint density at radius 1 is 1.00 bits per heavy atom. The van der Waals surface area contributed by atoms with Gasteiger partial charge in [-0.1, -0.05) is 0 Å². The van der Waals surface area contributed by atoms with Gasteiger partial charge in [-0.25, -0.2) is 0 Å². The van der Waals surface area contributed by atoms with Crippen LogP contribution in [-0.4, -0.2) is 29.2 Å². The number of nitrogens with two attached hydrogens (primary N) is 1. The van der Waals surface area contributed by atoms with Gasteiger partial charge < -0.3 is 15.2 Å². The molecule has 1 atom stereocenters. The summed E-state index contributed by atoms with van der Waals surface area (Å²) in [4.78, 5) is 22.9. The number of carbonyl (C=O) groups is 2. The first-order chi connectivity index (χ1) is 7.41. The fourth-order valence-corrected chi connectivity index (χ4v) is 1.02. The van der Waals surface area contributed by atoms with Gasteiger partial charge in [-0.05, 0) is 41.5 Å². The van der Waals surface area contributed by atoms with Crippen molar-refractivity contribution in [2.24, 2.45) is 5.73 Å². The Bertz CT molecular complexity index is 286. The van der Waals surface area contributed by atoms with Crippen molar-refractivity contribution < 1.29 is 19.1 Å². The Kier molecular flexibility index (Phi) is 5.13. The van der Waals surface area contributed by atoms with E-state index in [1.54, 1.807) is 41.5 Å². The molecule has 0 bridgehead atoms. The van der Waals surface area contributed by atoms with Gasteiger partial charge in [0.2, 0.25) is 0 Å². The van der Waals surface area contributed by atoms with Gasteiger partial charge in [0.25, 0.3) is 0 Å². The molecule has 0 spiro atoms. The third kappa shape index (κ3) is 8.68. The monoisotopic (exact) mass is 245 g/mol. The highest BCUT2D eigenvalue weighted by molar-refractivity contribution is 5.82. The van der Waals surface area contributed by atoms with E-state index < -0.39 is 29.2 Å². The molecular weight excluding hydrogens is 222 g/mol. The molecule has 0 saturated heterocycles. The van der Waals surface area contributed by atoms with Crippen LogP contribution in [0.15, 0.2) is 0 Å². The molecule has 2 N–H and O–H groups in total. The predicted octanol–water partition coefficient (Wildman–Crippen LogP) is 1.39. The lowest BCUT2D eigenvalue weighted by molar-refractivity contribution is -0.163. The molecule has 0 aromatic carbocycles. The van der Waals surface area contributed by atoms with Crippen LogP contribution < -0.4 is 5.73 Å². The normalized spacial score (nSPS) is 14.1. The Balaban J connectivity index is 4.22. The van der Waals surface area contributed by atoms with Crippen LogP contribution >= 0.6 is 0 Å². The zero-order chi connectivity index (χ0) is 13.9. The number of esters is 2. The van der Waals surface area contributed by atoms with Crippen LogP contribution in [0.4, 0.5) is 0 Å². The molecule has 0 heterocycles. The Morgan fingerprint density at radius 2 is 1.41 bits per heavy atom. The van der Waals surface area contributed by atoms with Crippen LogP contribution in [0.3, 0.4) is 0 Å². The van der Waals surface area contributed by atoms with E-state index >= 15 is 0 Å². The molecule has 0 saturated carbocycles. The van der Waals surface area contributed by atoms with E-state index in [2.05, 4.69) is 0 Å². The number of carbonyl (C=O) groups excluding carboxylic acids is 2. The lowest BCUT2D eigenvalue weighted by Crippen LogP contribution is -2.40. The maximum atomic E-state index is 11.5. The van der Waals surface area contributed by atoms with Crippen molar-refractivity contribution in [3.8, 4) is 0 Å². The fourth-order valence-electron chi connectivity index (χ4n) is 1.02. The molecule has 17 heavy (non-hydrogen) atoms. The molecule has 0 aliphatic rings. The lowest BCUT2D eigenvalue weighted by Gasteiger charge is -2.23.